The quantitative estimate of drug-likeness (QED) is 0.536. The zero-order chi connectivity index (χ0) is 16.9. The summed E-state index contributed by atoms with van der Waals surface area (Å²) < 4.78 is 0. The fourth-order valence-corrected chi connectivity index (χ4v) is 2.61. The summed E-state index contributed by atoms with van der Waals surface area (Å²) in [6.45, 7) is 0.755. The predicted molar refractivity (Wildman–Crippen MR) is 94.6 cm³/mol. The van der Waals surface area contributed by atoms with E-state index in [9.17, 15) is 9.59 Å². The van der Waals surface area contributed by atoms with Crippen LogP contribution in [-0.4, -0.2) is 23.4 Å². The van der Waals surface area contributed by atoms with Crippen molar-refractivity contribution >= 4 is 28.2 Å². The number of nitrogens with one attached hydrogen (secondary N) is 1. The molecule has 0 aromatic heterocycles. The van der Waals surface area contributed by atoms with E-state index in [2.05, 4.69) is 35.6 Å². The van der Waals surface area contributed by atoms with Crippen molar-refractivity contribution in [3.05, 3.63) is 77.9 Å². The summed E-state index contributed by atoms with van der Waals surface area (Å²) >= 11 is 0. The molecule has 0 bridgehead atoms. The number of carboxylic acid groups (broad SMARTS) is 1. The molecule has 0 unspecified atom stereocenters. The molecule has 0 aliphatic carbocycles. The lowest BCUT2D eigenvalue weighted by Crippen LogP contribution is -2.12. The van der Waals surface area contributed by atoms with Crippen LogP contribution in [0.25, 0.3) is 10.8 Å². The van der Waals surface area contributed by atoms with Gasteiger partial charge in [-0.3, -0.25) is 4.79 Å². The molecule has 0 saturated heterocycles. The normalized spacial score (nSPS) is 10.5. The molecule has 0 aliphatic rings. The average molecular weight is 319 g/mol. The van der Waals surface area contributed by atoms with Gasteiger partial charge >= 0.3 is 5.97 Å². The molecule has 0 radical (unpaired) electrons. The van der Waals surface area contributed by atoms with Crippen LogP contribution < -0.4 is 5.32 Å². The van der Waals surface area contributed by atoms with Crippen LogP contribution in [0, 0.1) is 0 Å². The van der Waals surface area contributed by atoms with Gasteiger partial charge in [-0.25, -0.2) is 4.79 Å². The highest BCUT2D eigenvalue weighted by atomic mass is 16.4. The van der Waals surface area contributed by atoms with Gasteiger partial charge in [-0.05, 0) is 47.0 Å². The van der Waals surface area contributed by atoms with E-state index in [1.165, 1.54) is 28.5 Å². The van der Waals surface area contributed by atoms with Crippen molar-refractivity contribution < 1.29 is 14.7 Å². The van der Waals surface area contributed by atoms with E-state index < -0.39 is 11.8 Å². The first-order valence-corrected chi connectivity index (χ1v) is 7.73. The van der Waals surface area contributed by atoms with Gasteiger partial charge in [0.05, 0.1) is 0 Å². The van der Waals surface area contributed by atoms with E-state index in [0.717, 1.165) is 18.7 Å². The molecule has 0 fully saturated rings. The summed E-state index contributed by atoms with van der Waals surface area (Å²) in [6.07, 6.45) is 0.876. The number of Topliss-reactive ketones (excluding diaryl/α,β-unsaturated/α-hetero) is 1. The fraction of sp³-hybridized carbons (Fsp3) is 0.100. The first-order valence-electron chi connectivity index (χ1n) is 7.73. The van der Waals surface area contributed by atoms with Crippen LogP contribution in [0.15, 0.2) is 66.7 Å². The molecule has 4 nitrogen and oxygen atoms in total. The Morgan fingerprint density at radius 2 is 1.58 bits per heavy atom. The topological polar surface area (TPSA) is 66.4 Å². The second-order valence-electron chi connectivity index (χ2n) is 5.57. The molecule has 0 atom stereocenters. The fourth-order valence-electron chi connectivity index (χ4n) is 2.61. The molecule has 24 heavy (non-hydrogen) atoms. The second kappa shape index (κ2) is 6.96. The number of carbonyl (C=O) groups excluding carboxylic acids is 1. The van der Waals surface area contributed by atoms with Gasteiger partial charge in [0.1, 0.15) is 0 Å². The maximum absolute atomic E-state index is 11.3. The van der Waals surface area contributed by atoms with Crippen LogP contribution in [0.2, 0.25) is 0 Å². The number of anilines is 1. The molecule has 0 saturated carbocycles. The summed E-state index contributed by atoms with van der Waals surface area (Å²) in [5.41, 5.74) is 2.29. The van der Waals surface area contributed by atoms with Gasteiger partial charge in [0.2, 0.25) is 0 Å². The SMILES string of the molecule is O=C(O)C(=O)c1ccc(NCCc2ccc3ccccc3c2)cc1. The Bertz CT molecular complexity index is 885. The number of benzene rings is 3. The maximum Gasteiger partial charge on any atom is 0.377 e. The summed E-state index contributed by atoms with van der Waals surface area (Å²) in [7, 11) is 0. The van der Waals surface area contributed by atoms with Crippen molar-refractivity contribution in [2.45, 2.75) is 6.42 Å². The van der Waals surface area contributed by atoms with Crippen LogP contribution in [0.3, 0.4) is 0 Å². The lowest BCUT2D eigenvalue weighted by atomic mass is 10.1. The third-order valence-corrected chi connectivity index (χ3v) is 3.90. The van der Waals surface area contributed by atoms with Crippen molar-refractivity contribution in [3.8, 4) is 0 Å². The first-order chi connectivity index (χ1) is 11.6. The van der Waals surface area contributed by atoms with Crippen LogP contribution in [0.5, 0.6) is 0 Å². The third kappa shape index (κ3) is 3.60. The molecular weight excluding hydrogens is 302 g/mol. The van der Waals surface area contributed by atoms with Crippen LogP contribution >= 0.6 is 0 Å². The van der Waals surface area contributed by atoms with E-state index in [1.807, 2.05) is 12.1 Å². The standard InChI is InChI=1S/C20H17NO3/c22-19(20(23)24)16-7-9-18(10-8-16)21-12-11-14-5-6-15-3-1-2-4-17(15)13-14/h1-10,13,21H,11-12H2,(H,23,24). The summed E-state index contributed by atoms with van der Waals surface area (Å²) in [5.74, 6) is -2.33. The van der Waals surface area contributed by atoms with Gasteiger partial charge < -0.3 is 10.4 Å². The minimum absolute atomic E-state index is 0.183. The van der Waals surface area contributed by atoms with Crippen molar-refractivity contribution in [1.82, 2.24) is 0 Å². The van der Waals surface area contributed by atoms with Gasteiger partial charge in [-0.15, -0.1) is 0 Å². The molecule has 120 valence electrons. The third-order valence-electron chi connectivity index (χ3n) is 3.90. The van der Waals surface area contributed by atoms with Crippen LogP contribution in [-0.2, 0) is 11.2 Å². The van der Waals surface area contributed by atoms with E-state index in [-0.39, 0.29) is 5.56 Å². The number of rotatable bonds is 6. The Hall–Kier alpha value is -3.14. The molecule has 0 amide bonds. The Morgan fingerprint density at radius 1 is 0.875 bits per heavy atom. The lowest BCUT2D eigenvalue weighted by Gasteiger charge is -2.08. The highest BCUT2D eigenvalue weighted by molar-refractivity contribution is 6.39. The van der Waals surface area contributed by atoms with Gasteiger partial charge in [0.15, 0.2) is 0 Å². The second-order valence-corrected chi connectivity index (χ2v) is 5.57. The largest absolute Gasteiger partial charge is 0.475 e. The molecule has 0 heterocycles. The van der Waals surface area contributed by atoms with E-state index >= 15 is 0 Å². The van der Waals surface area contributed by atoms with Crippen LogP contribution in [0.4, 0.5) is 5.69 Å². The van der Waals surface area contributed by atoms with Crippen molar-refractivity contribution in [3.63, 3.8) is 0 Å². The number of aliphatic carboxylic acids is 1. The Labute approximate surface area is 139 Å². The highest BCUT2D eigenvalue weighted by Gasteiger charge is 2.13. The van der Waals surface area contributed by atoms with Gasteiger partial charge in [-0.2, -0.15) is 0 Å². The number of carboxylic acids is 1. The Morgan fingerprint density at radius 3 is 2.29 bits per heavy atom. The molecule has 0 spiro atoms. The zero-order valence-electron chi connectivity index (χ0n) is 13.0. The zero-order valence-corrected chi connectivity index (χ0v) is 13.0. The minimum atomic E-state index is -1.44. The van der Waals surface area contributed by atoms with Crippen LogP contribution in [0.1, 0.15) is 15.9 Å². The predicted octanol–water partition coefficient (Wildman–Crippen LogP) is 3.76. The summed E-state index contributed by atoms with van der Waals surface area (Å²) in [4.78, 5) is 22.0. The van der Waals surface area contributed by atoms with Crippen molar-refractivity contribution in [1.29, 1.82) is 0 Å². The monoisotopic (exact) mass is 319 g/mol. The van der Waals surface area contributed by atoms with Crippen molar-refractivity contribution in [2.24, 2.45) is 0 Å². The molecule has 4 heteroatoms. The molecule has 3 aromatic rings. The molecule has 3 rings (SSSR count). The summed E-state index contributed by atoms with van der Waals surface area (Å²) in [6, 6.07) is 21.2. The van der Waals surface area contributed by atoms with E-state index in [1.54, 1.807) is 12.1 Å². The Kier molecular flexibility index (Phi) is 4.57. The molecule has 0 aliphatic heterocycles. The highest BCUT2D eigenvalue weighted by Crippen LogP contribution is 2.16. The number of fused-ring (bicyclic) bond motifs is 1. The lowest BCUT2D eigenvalue weighted by molar-refractivity contribution is -0.131. The first kappa shape index (κ1) is 15.7. The average Bonchev–Trinajstić information content (AvgIpc) is 2.61. The van der Waals surface area contributed by atoms with E-state index in [0.29, 0.717) is 0 Å². The number of hydrogen-bond donors (Lipinski definition) is 2. The summed E-state index contributed by atoms with van der Waals surface area (Å²) in [5, 5.41) is 14.4. The van der Waals surface area contributed by atoms with Gasteiger partial charge in [0.25, 0.3) is 5.78 Å². The van der Waals surface area contributed by atoms with Crippen molar-refractivity contribution in [2.75, 3.05) is 11.9 Å². The Balaban J connectivity index is 1.59. The minimum Gasteiger partial charge on any atom is -0.475 e. The maximum atomic E-state index is 11.3. The molecule has 3 aromatic carbocycles. The number of ketones is 1. The molecule has 2 N–H and O–H groups in total. The number of hydrogen-bond acceptors (Lipinski definition) is 3. The number of carbonyl (C=O) groups is 2. The molecular formula is C20H17NO3. The van der Waals surface area contributed by atoms with Gasteiger partial charge in [-0.1, -0.05) is 42.5 Å². The van der Waals surface area contributed by atoms with E-state index in [4.69, 9.17) is 5.11 Å². The van der Waals surface area contributed by atoms with Gasteiger partial charge in [0, 0.05) is 17.8 Å². The smallest absolute Gasteiger partial charge is 0.377 e.